The lowest BCUT2D eigenvalue weighted by atomic mass is 10.2. The van der Waals surface area contributed by atoms with Gasteiger partial charge in [-0.25, -0.2) is 4.79 Å². The second kappa shape index (κ2) is 6.91. The van der Waals surface area contributed by atoms with Gasteiger partial charge in [-0.15, -0.1) is 11.3 Å². The number of nitrogens with zero attached hydrogens (tertiary/aromatic N) is 1. The highest BCUT2D eigenvalue weighted by Gasteiger charge is 2.27. The van der Waals surface area contributed by atoms with Crippen molar-refractivity contribution in [3.63, 3.8) is 0 Å². The molecule has 1 aliphatic heterocycles. The maximum absolute atomic E-state index is 12.3. The van der Waals surface area contributed by atoms with E-state index in [0.717, 1.165) is 11.3 Å². The Kier molecular flexibility index (Phi) is 4.93. The zero-order chi connectivity index (χ0) is 15.5. The van der Waals surface area contributed by atoms with Crippen LogP contribution in [0.4, 0.5) is 4.79 Å². The molecule has 8 heteroatoms. The Bertz CT molecular complexity index is 645. The monoisotopic (exact) mass is 360 g/mol. The van der Waals surface area contributed by atoms with Crippen molar-refractivity contribution in [2.45, 2.75) is 12.6 Å². The third-order valence-electron chi connectivity index (χ3n) is 3.37. The Morgan fingerprint density at radius 3 is 3.05 bits per heavy atom. The number of furan rings is 1. The van der Waals surface area contributed by atoms with Gasteiger partial charge in [-0.2, -0.15) is 0 Å². The maximum Gasteiger partial charge on any atom is 0.317 e. The van der Waals surface area contributed by atoms with Crippen LogP contribution in [0.2, 0.25) is 8.67 Å². The van der Waals surface area contributed by atoms with Gasteiger partial charge in [-0.05, 0) is 18.2 Å². The fourth-order valence-electron chi connectivity index (χ4n) is 2.26. The zero-order valence-electron chi connectivity index (χ0n) is 11.6. The number of halogens is 2. The van der Waals surface area contributed by atoms with E-state index in [-0.39, 0.29) is 12.1 Å². The summed E-state index contributed by atoms with van der Waals surface area (Å²) < 4.78 is 12.2. The summed E-state index contributed by atoms with van der Waals surface area (Å²) in [7, 11) is 0. The predicted molar refractivity (Wildman–Crippen MR) is 85.5 cm³/mol. The molecule has 1 aliphatic rings. The van der Waals surface area contributed by atoms with Crippen LogP contribution in [0.5, 0.6) is 0 Å². The van der Waals surface area contributed by atoms with E-state index in [4.69, 9.17) is 32.4 Å². The second-order valence-corrected chi connectivity index (χ2v) is 7.11. The van der Waals surface area contributed by atoms with Gasteiger partial charge >= 0.3 is 6.03 Å². The van der Waals surface area contributed by atoms with Crippen LogP contribution in [0.3, 0.4) is 0 Å². The summed E-state index contributed by atoms with van der Waals surface area (Å²) in [6.45, 7) is 1.83. The Balaban J connectivity index is 1.56. The Hall–Kier alpha value is -1.21. The number of hydrogen-bond acceptors (Lipinski definition) is 4. The SMILES string of the molecule is O=C(NCc1cc(Cl)sc1Cl)N1CCOC(c2ccco2)C1. The van der Waals surface area contributed by atoms with Crippen molar-refractivity contribution in [3.8, 4) is 0 Å². The molecule has 0 radical (unpaired) electrons. The number of hydrogen-bond donors (Lipinski definition) is 1. The number of amides is 2. The van der Waals surface area contributed by atoms with Crippen LogP contribution in [0, 0.1) is 0 Å². The van der Waals surface area contributed by atoms with E-state index in [2.05, 4.69) is 5.32 Å². The van der Waals surface area contributed by atoms with Gasteiger partial charge < -0.3 is 19.4 Å². The molecule has 1 atom stereocenters. The third kappa shape index (κ3) is 3.57. The first-order valence-corrected chi connectivity index (χ1v) is 8.32. The van der Waals surface area contributed by atoms with E-state index < -0.39 is 0 Å². The molecule has 1 unspecified atom stereocenters. The van der Waals surface area contributed by atoms with Crippen LogP contribution in [0.25, 0.3) is 0 Å². The van der Waals surface area contributed by atoms with E-state index >= 15 is 0 Å². The number of ether oxygens (including phenoxy) is 1. The summed E-state index contributed by atoms with van der Waals surface area (Å²) in [5, 5.41) is 2.85. The number of morpholine rings is 1. The summed E-state index contributed by atoms with van der Waals surface area (Å²) in [5.74, 6) is 0.727. The standard InChI is InChI=1S/C14H14Cl2N2O3S/c15-12-6-9(13(16)22-12)7-17-14(19)18-3-5-21-11(8-18)10-2-1-4-20-10/h1-2,4,6,11H,3,5,7-8H2,(H,17,19). The molecule has 5 nitrogen and oxygen atoms in total. The van der Waals surface area contributed by atoms with Crippen molar-refractivity contribution < 1.29 is 13.9 Å². The van der Waals surface area contributed by atoms with E-state index in [1.807, 2.05) is 6.07 Å². The molecule has 118 valence electrons. The summed E-state index contributed by atoms with van der Waals surface area (Å²) in [4.78, 5) is 14.0. The van der Waals surface area contributed by atoms with Crippen LogP contribution in [-0.4, -0.2) is 30.6 Å². The molecule has 0 saturated carbocycles. The number of nitrogens with one attached hydrogen (secondary N) is 1. The molecule has 2 aromatic rings. The first-order chi connectivity index (χ1) is 10.6. The average Bonchev–Trinajstić information content (AvgIpc) is 3.15. The van der Waals surface area contributed by atoms with Crippen LogP contribution in [0.1, 0.15) is 17.4 Å². The molecule has 1 N–H and O–H groups in total. The number of urea groups is 1. The molecule has 2 amide bonds. The van der Waals surface area contributed by atoms with Crippen molar-refractivity contribution in [3.05, 3.63) is 44.5 Å². The van der Waals surface area contributed by atoms with E-state index in [0.29, 0.717) is 34.9 Å². The van der Waals surface area contributed by atoms with Crippen molar-refractivity contribution in [1.82, 2.24) is 10.2 Å². The smallest absolute Gasteiger partial charge is 0.317 e. The lowest BCUT2D eigenvalue weighted by molar-refractivity contribution is -0.0260. The Morgan fingerprint density at radius 1 is 1.50 bits per heavy atom. The number of carbonyl (C=O) groups excluding carboxylic acids is 1. The average molecular weight is 361 g/mol. The van der Waals surface area contributed by atoms with Crippen LogP contribution >= 0.6 is 34.5 Å². The van der Waals surface area contributed by atoms with Gasteiger partial charge in [0.05, 0.1) is 28.1 Å². The normalized spacial score (nSPS) is 18.5. The molecule has 0 aromatic carbocycles. The van der Waals surface area contributed by atoms with Gasteiger partial charge in [-0.1, -0.05) is 23.2 Å². The first-order valence-electron chi connectivity index (χ1n) is 6.75. The minimum Gasteiger partial charge on any atom is -0.467 e. The molecule has 1 saturated heterocycles. The molecule has 0 aliphatic carbocycles. The van der Waals surface area contributed by atoms with Crippen LogP contribution < -0.4 is 5.32 Å². The van der Waals surface area contributed by atoms with Gasteiger partial charge in [0.25, 0.3) is 0 Å². The number of rotatable bonds is 3. The van der Waals surface area contributed by atoms with Crippen molar-refractivity contribution in [1.29, 1.82) is 0 Å². The molecule has 2 aromatic heterocycles. The molecule has 0 spiro atoms. The van der Waals surface area contributed by atoms with Gasteiger partial charge in [0.15, 0.2) is 0 Å². The van der Waals surface area contributed by atoms with E-state index in [1.54, 1.807) is 23.3 Å². The highest BCUT2D eigenvalue weighted by molar-refractivity contribution is 7.20. The number of thiophene rings is 1. The lowest BCUT2D eigenvalue weighted by Crippen LogP contribution is -2.46. The van der Waals surface area contributed by atoms with E-state index in [1.165, 1.54) is 11.3 Å². The van der Waals surface area contributed by atoms with E-state index in [9.17, 15) is 4.79 Å². The molecular weight excluding hydrogens is 347 g/mol. The zero-order valence-corrected chi connectivity index (χ0v) is 13.9. The van der Waals surface area contributed by atoms with Gasteiger partial charge in [0.1, 0.15) is 11.9 Å². The summed E-state index contributed by atoms with van der Waals surface area (Å²) in [5.41, 5.74) is 0.820. The molecule has 3 rings (SSSR count). The number of carbonyl (C=O) groups is 1. The predicted octanol–water partition coefficient (Wildman–Crippen LogP) is 3.93. The minimum absolute atomic E-state index is 0.154. The quantitative estimate of drug-likeness (QED) is 0.901. The molecule has 3 heterocycles. The van der Waals surface area contributed by atoms with Gasteiger partial charge in [-0.3, -0.25) is 0 Å². The maximum atomic E-state index is 12.3. The minimum atomic E-state index is -0.228. The highest BCUT2D eigenvalue weighted by Crippen LogP contribution is 2.31. The first kappa shape index (κ1) is 15.7. The molecular formula is C14H14Cl2N2O3S. The highest BCUT2D eigenvalue weighted by atomic mass is 35.5. The topological polar surface area (TPSA) is 54.7 Å². The third-order valence-corrected chi connectivity index (χ3v) is 4.94. The lowest BCUT2D eigenvalue weighted by Gasteiger charge is -2.32. The molecule has 0 bridgehead atoms. The summed E-state index contributed by atoms with van der Waals surface area (Å²) >= 11 is 13.2. The fraction of sp³-hybridized carbons (Fsp3) is 0.357. The Labute approximate surface area is 141 Å². The van der Waals surface area contributed by atoms with Crippen molar-refractivity contribution in [2.24, 2.45) is 0 Å². The summed E-state index contributed by atoms with van der Waals surface area (Å²) in [6, 6.07) is 5.26. The van der Waals surface area contributed by atoms with Crippen molar-refractivity contribution >= 4 is 40.6 Å². The fourth-order valence-corrected chi connectivity index (χ4v) is 3.74. The largest absolute Gasteiger partial charge is 0.467 e. The van der Waals surface area contributed by atoms with Crippen LogP contribution in [0.15, 0.2) is 28.9 Å². The summed E-state index contributed by atoms with van der Waals surface area (Å²) in [6.07, 6.45) is 1.37. The molecule has 22 heavy (non-hydrogen) atoms. The van der Waals surface area contributed by atoms with Crippen molar-refractivity contribution in [2.75, 3.05) is 19.7 Å². The van der Waals surface area contributed by atoms with Gasteiger partial charge in [0, 0.05) is 18.7 Å². The Morgan fingerprint density at radius 2 is 2.36 bits per heavy atom. The van der Waals surface area contributed by atoms with Gasteiger partial charge in [0.2, 0.25) is 0 Å². The molecule has 1 fully saturated rings. The van der Waals surface area contributed by atoms with Crippen LogP contribution in [-0.2, 0) is 11.3 Å². The second-order valence-electron chi connectivity index (χ2n) is 4.83.